The highest BCUT2D eigenvalue weighted by molar-refractivity contribution is 7.92. The van der Waals surface area contributed by atoms with Crippen molar-refractivity contribution < 1.29 is 17.6 Å². The van der Waals surface area contributed by atoms with Gasteiger partial charge in [0.15, 0.2) is 0 Å². The molecular formula is C25H25FN6O3S. The SMILES string of the molecule is C[C@@H](C(=O)N1CCN(c2ccc(S(=O)(=O)Nc3ccncn3)cc2)CC1)n1ccc2cccc(F)c21. The fraction of sp³-hybridized carbons (Fsp3) is 0.240. The molecular weight excluding hydrogens is 483 g/mol. The van der Waals surface area contributed by atoms with Gasteiger partial charge in [-0.3, -0.25) is 9.52 Å². The lowest BCUT2D eigenvalue weighted by molar-refractivity contribution is -0.134. The highest BCUT2D eigenvalue weighted by Crippen LogP contribution is 2.25. The van der Waals surface area contributed by atoms with Crippen molar-refractivity contribution in [2.24, 2.45) is 0 Å². The maximum Gasteiger partial charge on any atom is 0.263 e. The van der Waals surface area contributed by atoms with Crippen LogP contribution in [0.3, 0.4) is 0 Å². The number of fused-ring (bicyclic) bond motifs is 1. The molecule has 0 bridgehead atoms. The minimum atomic E-state index is -3.77. The molecule has 0 aliphatic carbocycles. The predicted octanol–water partition coefficient (Wildman–Crippen LogP) is 3.28. The molecule has 1 aliphatic rings. The molecule has 36 heavy (non-hydrogen) atoms. The summed E-state index contributed by atoms with van der Waals surface area (Å²) < 4.78 is 43.7. The summed E-state index contributed by atoms with van der Waals surface area (Å²) in [4.78, 5) is 24.9. The average Bonchev–Trinajstić information content (AvgIpc) is 3.34. The van der Waals surface area contributed by atoms with Crippen LogP contribution < -0.4 is 9.62 Å². The van der Waals surface area contributed by atoms with Gasteiger partial charge in [0.1, 0.15) is 24.0 Å². The van der Waals surface area contributed by atoms with Crippen LogP contribution in [0.5, 0.6) is 0 Å². The Labute approximate surface area is 208 Å². The van der Waals surface area contributed by atoms with E-state index >= 15 is 0 Å². The second kappa shape index (κ2) is 9.57. The lowest BCUT2D eigenvalue weighted by atomic mass is 10.2. The molecule has 1 aliphatic heterocycles. The Morgan fingerprint density at radius 3 is 2.47 bits per heavy atom. The maximum absolute atomic E-state index is 14.4. The quantitative estimate of drug-likeness (QED) is 0.429. The molecule has 1 fully saturated rings. The number of sulfonamides is 1. The largest absolute Gasteiger partial charge is 0.368 e. The number of halogens is 1. The normalized spacial score (nSPS) is 15.2. The minimum absolute atomic E-state index is 0.0624. The number of para-hydroxylation sites is 1. The minimum Gasteiger partial charge on any atom is -0.368 e. The van der Waals surface area contributed by atoms with E-state index < -0.39 is 16.1 Å². The number of hydrogen-bond donors (Lipinski definition) is 1. The molecule has 0 unspecified atom stereocenters. The highest BCUT2D eigenvalue weighted by atomic mass is 32.2. The number of hydrogen-bond acceptors (Lipinski definition) is 6. The van der Waals surface area contributed by atoms with Gasteiger partial charge < -0.3 is 14.4 Å². The van der Waals surface area contributed by atoms with Gasteiger partial charge >= 0.3 is 0 Å². The molecule has 1 saturated heterocycles. The third kappa shape index (κ3) is 4.61. The van der Waals surface area contributed by atoms with E-state index in [1.165, 1.54) is 24.7 Å². The first-order valence-corrected chi connectivity index (χ1v) is 13.0. The summed E-state index contributed by atoms with van der Waals surface area (Å²) in [5.74, 6) is -0.216. The van der Waals surface area contributed by atoms with Crippen molar-refractivity contribution in [1.82, 2.24) is 19.4 Å². The van der Waals surface area contributed by atoms with Gasteiger partial charge in [-0.2, -0.15) is 0 Å². The van der Waals surface area contributed by atoms with Crippen LogP contribution in [0, 0.1) is 5.82 Å². The van der Waals surface area contributed by atoms with E-state index in [0.717, 1.165) is 11.1 Å². The number of carbonyl (C=O) groups is 1. The fourth-order valence-electron chi connectivity index (χ4n) is 4.45. The van der Waals surface area contributed by atoms with Crippen LogP contribution in [0.25, 0.3) is 10.9 Å². The number of aromatic nitrogens is 3. The third-order valence-electron chi connectivity index (χ3n) is 6.39. The van der Waals surface area contributed by atoms with Crippen LogP contribution in [-0.4, -0.2) is 59.9 Å². The zero-order valence-corrected chi connectivity index (χ0v) is 20.4. The molecule has 3 heterocycles. The molecule has 0 saturated carbocycles. The Bertz CT molecular complexity index is 1480. The number of nitrogens with zero attached hydrogens (tertiary/aromatic N) is 5. The monoisotopic (exact) mass is 508 g/mol. The lowest BCUT2D eigenvalue weighted by Gasteiger charge is -2.37. The van der Waals surface area contributed by atoms with Crippen molar-refractivity contribution in [3.63, 3.8) is 0 Å². The summed E-state index contributed by atoms with van der Waals surface area (Å²) in [6, 6.07) is 14.2. The molecule has 0 radical (unpaired) electrons. The zero-order chi connectivity index (χ0) is 25.3. The van der Waals surface area contributed by atoms with Gasteiger partial charge in [0.25, 0.3) is 10.0 Å². The number of rotatable bonds is 6. The van der Waals surface area contributed by atoms with Gasteiger partial charge in [-0.15, -0.1) is 0 Å². The average molecular weight is 509 g/mol. The van der Waals surface area contributed by atoms with Gasteiger partial charge in [0, 0.05) is 49.6 Å². The standard InChI is InChI=1S/C25H25FN6O3S/c1-18(32-12-10-19-3-2-4-22(26)24(19)32)25(33)31-15-13-30(14-16-31)20-5-7-21(8-6-20)36(34,35)29-23-9-11-27-17-28-23/h2-12,17-18H,13-16H2,1H3,(H,27,28,29)/t18-/m0/s1. The molecule has 5 rings (SSSR count). The summed E-state index contributed by atoms with van der Waals surface area (Å²) in [5, 5.41) is 0.761. The zero-order valence-electron chi connectivity index (χ0n) is 19.6. The second-order valence-corrected chi connectivity index (χ2v) is 10.3. The summed E-state index contributed by atoms with van der Waals surface area (Å²) >= 11 is 0. The van der Waals surface area contributed by atoms with Gasteiger partial charge in [0.2, 0.25) is 5.91 Å². The molecule has 0 spiro atoms. The first kappa shape index (κ1) is 23.7. The van der Waals surface area contributed by atoms with Crippen molar-refractivity contribution >= 4 is 38.3 Å². The van der Waals surface area contributed by atoms with Gasteiger partial charge in [-0.1, -0.05) is 12.1 Å². The first-order valence-electron chi connectivity index (χ1n) is 11.5. The Kier molecular flexibility index (Phi) is 6.31. The summed E-state index contributed by atoms with van der Waals surface area (Å²) in [6.45, 7) is 4.02. The van der Waals surface area contributed by atoms with E-state index in [0.29, 0.717) is 31.7 Å². The Hall–Kier alpha value is -3.99. The molecule has 186 valence electrons. The maximum atomic E-state index is 14.4. The molecule has 1 N–H and O–H groups in total. The number of piperazine rings is 1. The van der Waals surface area contributed by atoms with Crippen LogP contribution in [-0.2, 0) is 14.8 Å². The Morgan fingerprint density at radius 2 is 1.78 bits per heavy atom. The number of nitrogens with one attached hydrogen (secondary N) is 1. The first-order chi connectivity index (χ1) is 17.3. The van der Waals surface area contributed by atoms with Gasteiger partial charge in [-0.25, -0.2) is 22.8 Å². The second-order valence-electron chi connectivity index (χ2n) is 8.58. The van der Waals surface area contributed by atoms with Crippen molar-refractivity contribution in [2.45, 2.75) is 17.9 Å². The number of anilines is 2. The smallest absolute Gasteiger partial charge is 0.263 e. The van der Waals surface area contributed by atoms with Crippen LogP contribution in [0.2, 0.25) is 0 Å². The van der Waals surface area contributed by atoms with Crippen molar-refractivity contribution in [3.05, 3.63) is 79.1 Å². The Morgan fingerprint density at radius 1 is 1.03 bits per heavy atom. The summed E-state index contributed by atoms with van der Waals surface area (Å²) in [5.41, 5.74) is 1.30. The van der Waals surface area contributed by atoms with E-state index in [4.69, 9.17) is 0 Å². The predicted molar refractivity (Wildman–Crippen MR) is 135 cm³/mol. The molecule has 2 aromatic carbocycles. The topological polar surface area (TPSA) is 100 Å². The number of carbonyl (C=O) groups excluding carboxylic acids is 1. The van der Waals surface area contributed by atoms with Crippen LogP contribution in [0.4, 0.5) is 15.9 Å². The molecule has 1 atom stereocenters. The summed E-state index contributed by atoms with van der Waals surface area (Å²) in [6.07, 6.45) is 4.48. The van der Waals surface area contributed by atoms with Gasteiger partial charge in [-0.05, 0) is 49.4 Å². The van der Waals surface area contributed by atoms with E-state index in [1.807, 2.05) is 12.1 Å². The number of amides is 1. The third-order valence-corrected chi connectivity index (χ3v) is 7.76. The lowest BCUT2D eigenvalue weighted by Crippen LogP contribution is -2.50. The van der Waals surface area contributed by atoms with Crippen molar-refractivity contribution in [2.75, 3.05) is 35.8 Å². The van der Waals surface area contributed by atoms with Crippen LogP contribution >= 0.6 is 0 Å². The Balaban J connectivity index is 1.22. The molecule has 1 amide bonds. The van der Waals surface area contributed by atoms with Crippen molar-refractivity contribution in [3.8, 4) is 0 Å². The van der Waals surface area contributed by atoms with Crippen LogP contribution in [0.1, 0.15) is 13.0 Å². The van der Waals surface area contributed by atoms with E-state index in [1.54, 1.807) is 52.9 Å². The van der Waals surface area contributed by atoms with E-state index in [9.17, 15) is 17.6 Å². The summed E-state index contributed by atoms with van der Waals surface area (Å²) in [7, 11) is -3.77. The molecule has 11 heteroatoms. The van der Waals surface area contributed by atoms with E-state index in [2.05, 4.69) is 19.6 Å². The van der Waals surface area contributed by atoms with Crippen molar-refractivity contribution in [1.29, 1.82) is 0 Å². The highest BCUT2D eigenvalue weighted by Gasteiger charge is 2.27. The van der Waals surface area contributed by atoms with E-state index in [-0.39, 0.29) is 22.4 Å². The fourth-order valence-corrected chi connectivity index (χ4v) is 5.46. The van der Waals surface area contributed by atoms with Crippen LogP contribution in [0.15, 0.2) is 78.2 Å². The molecule has 9 nitrogen and oxygen atoms in total. The molecule has 2 aromatic heterocycles. The molecule has 4 aromatic rings. The number of benzene rings is 2. The van der Waals surface area contributed by atoms with Gasteiger partial charge in [0.05, 0.1) is 10.4 Å².